The van der Waals surface area contributed by atoms with Crippen molar-refractivity contribution in [2.75, 3.05) is 10.6 Å². The van der Waals surface area contributed by atoms with Crippen LogP contribution in [0.4, 0.5) is 11.4 Å². The number of unbranched alkanes of at least 4 members (excludes halogenated alkanes) is 1. The molecule has 2 rings (SSSR count). The fraction of sp³-hybridized carbons (Fsp3) is 0.300. The van der Waals surface area contributed by atoms with Crippen LogP contribution in [0, 0.1) is 13.8 Å². The third-order valence-corrected chi connectivity index (χ3v) is 5.17. The van der Waals surface area contributed by atoms with Crippen molar-refractivity contribution in [1.82, 2.24) is 0 Å². The summed E-state index contributed by atoms with van der Waals surface area (Å²) in [5, 5.41) is 5.77. The zero-order valence-corrected chi connectivity index (χ0v) is 18.0. The van der Waals surface area contributed by atoms with Gasteiger partial charge in [-0.2, -0.15) is 0 Å². The molecule has 0 saturated carbocycles. The van der Waals surface area contributed by atoms with E-state index >= 15 is 0 Å². The minimum Gasteiger partial charge on any atom is -0.325 e. The molecular formula is C20H22Br2N2O2. The maximum atomic E-state index is 12.0. The number of hydrogen-bond acceptors (Lipinski definition) is 2. The van der Waals surface area contributed by atoms with Crippen LogP contribution in [0.2, 0.25) is 0 Å². The van der Waals surface area contributed by atoms with Crippen LogP contribution in [-0.2, 0) is 9.59 Å². The molecule has 0 heterocycles. The van der Waals surface area contributed by atoms with E-state index in [-0.39, 0.29) is 11.8 Å². The van der Waals surface area contributed by atoms with E-state index in [4.69, 9.17) is 0 Å². The Kier molecular flexibility index (Phi) is 7.85. The van der Waals surface area contributed by atoms with Crippen LogP contribution in [-0.4, -0.2) is 11.8 Å². The van der Waals surface area contributed by atoms with Crippen LogP contribution >= 0.6 is 31.9 Å². The van der Waals surface area contributed by atoms with Crippen LogP contribution < -0.4 is 10.6 Å². The summed E-state index contributed by atoms with van der Waals surface area (Å²) < 4.78 is 1.74. The lowest BCUT2D eigenvalue weighted by molar-refractivity contribution is -0.118. The second kappa shape index (κ2) is 9.88. The first kappa shape index (κ1) is 20.6. The van der Waals surface area contributed by atoms with Crippen molar-refractivity contribution in [3.8, 4) is 0 Å². The largest absolute Gasteiger partial charge is 0.325 e. The third kappa shape index (κ3) is 6.57. The van der Waals surface area contributed by atoms with Crippen molar-refractivity contribution in [3.05, 3.63) is 56.5 Å². The summed E-state index contributed by atoms with van der Waals surface area (Å²) in [6.07, 6.45) is 2.11. The maximum Gasteiger partial charge on any atom is 0.224 e. The van der Waals surface area contributed by atoms with Gasteiger partial charge in [0.1, 0.15) is 0 Å². The highest BCUT2D eigenvalue weighted by Crippen LogP contribution is 2.24. The fourth-order valence-corrected chi connectivity index (χ4v) is 3.62. The Bertz CT molecular complexity index is 739. The van der Waals surface area contributed by atoms with Gasteiger partial charge in [0, 0.05) is 21.8 Å². The number of aryl methyl sites for hydroxylation is 2. The molecule has 2 aromatic rings. The predicted octanol–water partition coefficient (Wildman–Crippen LogP) is 5.97. The average Bonchev–Trinajstić information content (AvgIpc) is 2.57. The van der Waals surface area contributed by atoms with Gasteiger partial charge in [-0.15, -0.1) is 0 Å². The third-order valence-electron chi connectivity index (χ3n) is 3.86. The smallest absolute Gasteiger partial charge is 0.224 e. The van der Waals surface area contributed by atoms with Crippen LogP contribution in [0.25, 0.3) is 0 Å². The zero-order chi connectivity index (χ0) is 19.1. The number of benzene rings is 2. The van der Waals surface area contributed by atoms with E-state index in [0.29, 0.717) is 25.7 Å². The zero-order valence-electron chi connectivity index (χ0n) is 14.9. The highest BCUT2D eigenvalue weighted by molar-refractivity contribution is 9.11. The SMILES string of the molecule is Cc1ccc(NC(=O)CCCCC(=O)Nc2ccc(C)cc2Br)c(Br)c1. The summed E-state index contributed by atoms with van der Waals surface area (Å²) >= 11 is 6.89. The predicted molar refractivity (Wildman–Crippen MR) is 113 cm³/mol. The van der Waals surface area contributed by atoms with Crippen LogP contribution in [0.3, 0.4) is 0 Å². The second-order valence-corrected chi connectivity index (χ2v) is 7.98. The van der Waals surface area contributed by atoms with E-state index in [9.17, 15) is 9.59 Å². The summed E-state index contributed by atoms with van der Waals surface area (Å²) in [6, 6.07) is 11.6. The van der Waals surface area contributed by atoms with Crippen molar-refractivity contribution in [2.24, 2.45) is 0 Å². The van der Waals surface area contributed by atoms with Gasteiger partial charge in [-0.05, 0) is 93.9 Å². The summed E-state index contributed by atoms with van der Waals surface area (Å²) in [5.41, 5.74) is 3.78. The molecular weight excluding hydrogens is 460 g/mol. The molecule has 0 saturated heterocycles. The minimum absolute atomic E-state index is 0.0451. The summed E-state index contributed by atoms with van der Waals surface area (Å²) in [4.78, 5) is 24.0. The van der Waals surface area contributed by atoms with Gasteiger partial charge in [-0.3, -0.25) is 9.59 Å². The van der Waals surface area contributed by atoms with Crippen LogP contribution in [0.15, 0.2) is 45.3 Å². The van der Waals surface area contributed by atoms with Gasteiger partial charge in [-0.25, -0.2) is 0 Å². The van der Waals surface area contributed by atoms with Crippen molar-refractivity contribution >= 4 is 55.0 Å². The summed E-state index contributed by atoms with van der Waals surface area (Å²) in [5.74, 6) is -0.0903. The number of amides is 2. The van der Waals surface area contributed by atoms with E-state index in [1.54, 1.807) is 0 Å². The van der Waals surface area contributed by atoms with E-state index in [1.807, 2.05) is 50.2 Å². The molecule has 0 unspecified atom stereocenters. The molecule has 0 aliphatic carbocycles. The van der Waals surface area contributed by atoms with Gasteiger partial charge in [0.05, 0.1) is 11.4 Å². The molecule has 0 aliphatic rings. The van der Waals surface area contributed by atoms with Crippen molar-refractivity contribution in [2.45, 2.75) is 39.5 Å². The topological polar surface area (TPSA) is 58.2 Å². The molecule has 4 nitrogen and oxygen atoms in total. The number of halogens is 2. The van der Waals surface area contributed by atoms with E-state index < -0.39 is 0 Å². The molecule has 0 bridgehead atoms. The molecule has 0 atom stereocenters. The van der Waals surface area contributed by atoms with Crippen molar-refractivity contribution < 1.29 is 9.59 Å². The molecule has 2 amide bonds. The van der Waals surface area contributed by atoms with Crippen LogP contribution in [0.1, 0.15) is 36.8 Å². The second-order valence-electron chi connectivity index (χ2n) is 6.27. The molecule has 26 heavy (non-hydrogen) atoms. The molecule has 0 radical (unpaired) electrons. The Morgan fingerprint density at radius 1 is 0.769 bits per heavy atom. The number of hydrogen-bond donors (Lipinski definition) is 2. The molecule has 6 heteroatoms. The molecule has 0 aliphatic heterocycles. The normalized spacial score (nSPS) is 10.5. The Hall–Kier alpha value is -1.66. The molecule has 0 spiro atoms. The lowest BCUT2D eigenvalue weighted by atomic mass is 10.1. The number of anilines is 2. The van der Waals surface area contributed by atoms with E-state index in [2.05, 4.69) is 42.5 Å². The van der Waals surface area contributed by atoms with Gasteiger partial charge < -0.3 is 10.6 Å². The standard InChI is InChI=1S/C20H22Br2N2O2/c1-13-7-9-17(15(21)11-13)23-19(25)5-3-4-6-20(26)24-18-10-8-14(2)12-16(18)22/h7-12H,3-6H2,1-2H3,(H,23,25)(H,24,26). The molecule has 0 fully saturated rings. The average molecular weight is 482 g/mol. The van der Waals surface area contributed by atoms with Crippen molar-refractivity contribution in [1.29, 1.82) is 0 Å². The van der Waals surface area contributed by atoms with Gasteiger partial charge >= 0.3 is 0 Å². The highest BCUT2D eigenvalue weighted by atomic mass is 79.9. The minimum atomic E-state index is -0.0451. The molecule has 2 aromatic carbocycles. The maximum absolute atomic E-state index is 12.0. The Balaban J connectivity index is 1.70. The quantitative estimate of drug-likeness (QED) is 0.479. The van der Waals surface area contributed by atoms with Crippen molar-refractivity contribution in [3.63, 3.8) is 0 Å². The fourth-order valence-electron chi connectivity index (χ4n) is 2.44. The monoisotopic (exact) mass is 480 g/mol. The Morgan fingerprint density at radius 3 is 1.50 bits per heavy atom. The molecule has 2 N–H and O–H groups in total. The van der Waals surface area contributed by atoms with Gasteiger partial charge in [0.2, 0.25) is 11.8 Å². The van der Waals surface area contributed by atoms with E-state index in [1.165, 1.54) is 0 Å². The van der Waals surface area contributed by atoms with Gasteiger partial charge in [0.15, 0.2) is 0 Å². The summed E-state index contributed by atoms with van der Waals surface area (Å²) in [6.45, 7) is 3.99. The molecule has 0 aromatic heterocycles. The lowest BCUT2D eigenvalue weighted by Gasteiger charge is -2.09. The van der Waals surface area contributed by atoms with Crippen LogP contribution in [0.5, 0.6) is 0 Å². The molecule has 138 valence electrons. The first-order valence-corrected chi connectivity index (χ1v) is 10.1. The number of rotatable bonds is 7. The summed E-state index contributed by atoms with van der Waals surface area (Å²) in [7, 11) is 0. The van der Waals surface area contributed by atoms with Gasteiger partial charge in [-0.1, -0.05) is 12.1 Å². The number of carbonyl (C=O) groups excluding carboxylic acids is 2. The Labute approximate surface area is 171 Å². The number of nitrogens with one attached hydrogen (secondary N) is 2. The first-order chi connectivity index (χ1) is 12.3. The first-order valence-electron chi connectivity index (χ1n) is 8.47. The number of carbonyl (C=O) groups is 2. The van der Waals surface area contributed by atoms with E-state index in [0.717, 1.165) is 31.4 Å². The lowest BCUT2D eigenvalue weighted by Crippen LogP contribution is -2.13. The van der Waals surface area contributed by atoms with Gasteiger partial charge in [0.25, 0.3) is 0 Å². The highest BCUT2D eigenvalue weighted by Gasteiger charge is 2.08. The Morgan fingerprint density at radius 2 is 1.15 bits per heavy atom.